The summed E-state index contributed by atoms with van der Waals surface area (Å²) in [7, 11) is 0. The highest BCUT2D eigenvalue weighted by atomic mass is 35.5. The van der Waals surface area contributed by atoms with Crippen molar-refractivity contribution in [2.45, 2.75) is 31.2 Å². The van der Waals surface area contributed by atoms with E-state index in [0.717, 1.165) is 36.2 Å². The highest BCUT2D eigenvalue weighted by Crippen LogP contribution is 2.39. The fourth-order valence-corrected chi connectivity index (χ4v) is 3.67. The smallest absolute Gasteiger partial charge is 0.202 e. The molecule has 1 aliphatic carbocycles. The van der Waals surface area contributed by atoms with Gasteiger partial charge in [-0.05, 0) is 37.5 Å². The summed E-state index contributed by atoms with van der Waals surface area (Å²) in [5, 5.41) is 4.55. The lowest BCUT2D eigenvalue weighted by Crippen LogP contribution is -2.25. The quantitative estimate of drug-likeness (QED) is 0.918. The molecule has 116 valence electrons. The first-order chi connectivity index (χ1) is 10.7. The van der Waals surface area contributed by atoms with E-state index in [-0.39, 0.29) is 10.8 Å². The molecule has 1 aromatic heterocycles. The summed E-state index contributed by atoms with van der Waals surface area (Å²) in [6.45, 7) is 1.79. The molecule has 1 atom stereocenters. The number of aromatic nitrogens is 2. The van der Waals surface area contributed by atoms with E-state index in [4.69, 9.17) is 11.6 Å². The Kier molecular flexibility index (Phi) is 3.66. The van der Waals surface area contributed by atoms with Gasteiger partial charge in [-0.3, -0.25) is 0 Å². The van der Waals surface area contributed by atoms with Gasteiger partial charge in [-0.25, -0.2) is 9.37 Å². The van der Waals surface area contributed by atoms with Gasteiger partial charge in [-0.2, -0.15) is 4.37 Å². The number of rotatable bonds is 4. The van der Waals surface area contributed by atoms with Crippen LogP contribution in [0.2, 0.25) is 5.02 Å². The summed E-state index contributed by atoms with van der Waals surface area (Å²) in [4.78, 5) is 6.78. The van der Waals surface area contributed by atoms with Crippen LogP contribution in [-0.2, 0) is 0 Å². The SMILES string of the molecule is Fc1ccc(N2CCC(Nc3nc(C4CC4)ns3)C2)cc1Cl. The minimum absolute atomic E-state index is 0.173. The molecule has 1 saturated carbocycles. The molecule has 1 N–H and O–H groups in total. The maximum absolute atomic E-state index is 13.2. The lowest BCUT2D eigenvalue weighted by Gasteiger charge is -2.19. The number of benzene rings is 1. The predicted octanol–water partition coefficient (Wildman–Crippen LogP) is 3.90. The molecular formula is C15H16ClFN4S. The number of nitrogens with zero attached hydrogens (tertiary/aromatic N) is 3. The van der Waals surface area contributed by atoms with Crippen LogP contribution in [0.4, 0.5) is 15.2 Å². The van der Waals surface area contributed by atoms with Gasteiger partial charge in [0.2, 0.25) is 5.13 Å². The van der Waals surface area contributed by atoms with Crippen LogP contribution in [0.3, 0.4) is 0 Å². The lowest BCUT2D eigenvalue weighted by molar-refractivity contribution is 0.628. The highest BCUT2D eigenvalue weighted by molar-refractivity contribution is 7.09. The number of hydrogen-bond donors (Lipinski definition) is 1. The average molecular weight is 339 g/mol. The van der Waals surface area contributed by atoms with Gasteiger partial charge in [0.15, 0.2) is 0 Å². The fraction of sp³-hybridized carbons (Fsp3) is 0.467. The molecule has 1 unspecified atom stereocenters. The monoisotopic (exact) mass is 338 g/mol. The van der Waals surface area contributed by atoms with E-state index in [1.807, 2.05) is 0 Å². The van der Waals surface area contributed by atoms with Crippen molar-refractivity contribution in [1.29, 1.82) is 0 Å². The topological polar surface area (TPSA) is 41.0 Å². The van der Waals surface area contributed by atoms with E-state index in [1.54, 1.807) is 12.1 Å². The molecule has 7 heteroatoms. The molecule has 0 radical (unpaired) electrons. The second kappa shape index (κ2) is 5.66. The van der Waals surface area contributed by atoms with E-state index in [9.17, 15) is 4.39 Å². The summed E-state index contributed by atoms with van der Waals surface area (Å²) in [6, 6.07) is 5.23. The molecule has 4 rings (SSSR count). The van der Waals surface area contributed by atoms with Gasteiger partial charge in [-0.15, -0.1) is 0 Å². The Balaban J connectivity index is 1.39. The molecule has 2 aliphatic rings. The summed E-state index contributed by atoms with van der Waals surface area (Å²) in [5.74, 6) is 1.21. The molecule has 1 saturated heterocycles. The molecule has 0 bridgehead atoms. The van der Waals surface area contributed by atoms with Crippen molar-refractivity contribution >= 4 is 34.0 Å². The van der Waals surface area contributed by atoms with Crippen LogP contribution in [0.1, 0.15) is 31.0 Å². The van der Waals surface area contributed by atoms with Gasteiger partial charge in [0, 0.05) is 42.3 Å². The zero-order valence-corrected chi connectivity index (χ0v) is 13.5. The molecule has 1 aliphatic heterocycles. The maximum Gasteiger partial charge on any atom is 0.202 e. The van der Waals surface area contributed by atoms with Gasteiger partial charge >= 0.3 is 0 Å². The Bertz CT molecular complexity index is 688. The maximum atomic E-state index is 13.2. The zero-order chi connectivity index (χ0) is 15.1. The van der Waals surface area contributed by atoms with Gasteiger partial charge < -0.3 is 10.2 Å². The minimum atomic E-state index is -0.374. The number of halogens is 2. The number of hydrogen-bond acceptors (Lipinski definition) is 5. The number of nitrogens with one attached hydrogen (secondary N) is 1. The van der Waals surface area contributed by atoms with Crippen LogP contribution >= 0.6 is 23.1 Å². The molecule has 2 fully saturated rings. The molecule has 0 amide bonds. The first-order valence-corrected chi connectivity index (χ1v) is 8.64. The third-order valence-corrected chi connectivity index (χ3v) is 5.12. The van der Waals surface area contributed by atoms with Crippen LogP contribution in [0.25, 0.3) is 0 Å². The molecule has 2 aromatic rings. The summed E-state index contributed by atoms with van der Waals surface area (Å²) < 4.78 is 17.7. The van der Waals surface area contributed by atoms with Crippen molar-refractivity contribution in [3.63, 3.8) is 0 Å². The Morgan fingerprint density at radius 1 is 1.32 bits per heavy atom. The highest BCUT2D eigenvalue weighted by Gasteiger charge is 2.29. The van der Waals surface area contributed by atoms with Crippen molar-refractivity contribution in [1.82, 2.24) is 9.36 Å². The van der Waals surface area contributed by atoms with Gasteiger partial charge in [0.05, 0.1) is 5.02 Å². The van der Waals surface area contributed by atoms with Crippen molar-refractivity contribution < 1.29 is 4.39 Å². The average Bonchev–Trinajstić information content (AvgIpc) is 3.08. The number of anilines is 2. The summed E-state index contributed by atoms with van der Waals surface area (Å²) in [6.07, 6.45) is 3.46. The Morgan fingerprint density at radius 2 is 2.18 bits per heavy atom. The second-order valence-electron chi connectivity index (χ2n) is 5.91. The van der Waals surface area contributed by atoms with Crippen LogP contribution in [-0.4, -0.2) is 28.5 Å². The molecule has 4 nitrogen and oxygen atoms in total. The van der Waals surface area contributed by atoms with E-state index in [0.29, 0.717) is 12.0 Å². The third-order valence-electron chi connectivity index (χ3n) is 4.17. The Morgan fingerprint density at radius 3 is 2.95 bits per heavy atom. The Labute approximate surface area is 137 Å². The standard InChI is InChI=1S/C15H16ClFN4S/c16-12-7-11(3-4-13(12)17)21-6-5-10(8-21)18-15-19-14(20-22-15)9-1-2-9/h3-4,7,9-10H,1-2,5-6,8H2,(H,18,19,20). The third kappa shape index (κ3) is 2.90. The normalized spacial score (nSPS) is 21.4. The van der Waals surface area contributed by atoms with E-state index in [2.05, 4.69) is 19.6 Å². The van der Waals surface area contributed by atoms with Crippen LogP contribution in [0, 0.1) is 5.82 Å². The van der Waals surface area contributed by atoms with Crippen LogP contribution in [0.5, 0.6) is 0 Å². The Hall–Kier alpha value is -1.40. The van der Waals surface area contributed by atoms with Crippen molar-refractivity contribution in [2.75, 3.05) is 23.3 Å². The first kappa shape index (κ1) is 14.2. The van der Waals surface area contributed by atoms with Crippen molar-refractivity contribution in [3.8, 4) is 0 Å². The van der Waals surface area contributed by atoms with Gasteiger partial charge in [0.25, 0.3) is 0 Å². The largest absolute Gasteiger partial charge is 0.369 e. The zero-order valence-electron chi connectivity index (χ0n) is 11.9. The van der Waals surface area contributed by atoms with Gasteiger partial charge in [0.1, 0.15) is 11.6 Å². The summed E-state index contributed by atoms with van der Waals surface area (Å²) >= 11 is 7.31. The molecular weight excluding hydrogens is 323 g/mol. The second-order valence-corrected chi connectivity index (χ2v) is 7.07. The first-order valence-electron chi connectivity index (χ1n) is 7.49. The predicted molar refractivity (Wildman–Crippen MR) is 87.5 cm³/mol. The van der Waals surface area contributed by atoms with Gasteiger partial charge in [-0.1, -0.05) is 11.6 Å². The van der Waals surface area contributed by atoms with Crippen LogP contribution < -0.4 is 10.2 Å². The summed E-state index contributed by atoms with van der Waals surface area (Å²) in [5.41, 5.74) is 0.964. The van der Waals surface area contributed by atoms with Crippen LogP contribution in [0.15, 0.2) is 18.2 Å². The minimum Gasteiger partial charge on any atom is -0.369 e. The van der Waals surface area contributed by atoms with Crippen molar-refractivity contribution in [3.05, 3.63) is 34.9 Å². The van der Waals surface area contributed by atoms with E-state index in [1.165, 1.54) is 30.4 Å². The molecule has 22 heavy (non-hydrogen) atoms. The molecule has 1 aromatic carbocycles. The lowest BCUT2D eigenvalue weighted by atomic mass is 10.3. The molecule has 2 heterocycles. The fourth-order valence-electron chi connectivity index (χ4n) is 2.77. The van der Waals surface area contributed by atoms with E-state index >= 15 is 0 Å². The molecule has 0 spiro atoms. The van der Waals surface area contributed by atoms with Crippen molar-refractivity contribution in [2.24, 2.45) is 0 Å². The van der Waals surface area contributed by atoms with E-state index < -0.39 is 0 Å².